The molecular formula is C17H33ClN2O2. The zero-order valence-corrected chi connectivity index (χ0v) is 14.5. The third kappa shape index (κ3) is 5.34. The largest absolute Gasteiger partial charge is 0.379 e. The van der Waals surface area contributed by atoms with Crippen molar-refractivity contribution in [2.45, 2.75) is 69.6 Å². The molecule has 1 saturated heterocycles. The van der Waals surface area contributed by atoms with E-state index >= 15 is 0 Å². The number of nitrogens with one attached hydrogen (secondary N) is 2. The van der Waals surface area contributed by atoms with Crippen molar-refractivity contribution in [1.29, 1.82) is 0 Å². The first kappa shape index (κ1) is 18.5. The van der Waals surface area contributed by atoms with Crippen molar-refractivity contribution in [1.82, 2.24) is 10.6 Å². The van der Waals surface area contributed by atoms with E-state index in [4.69, 9.17) is 9.47 Å². The van der Waals surface area contributed by atoms with Crippen LogP contribution in [-0.4, -0.2) is 51.1 Å². The normalized spacial score (nSPS) is 33.5. The Morgan fingerprint density at radius 1 is 1.05 bits per heavy atom. The molecule has 4 nitrogen and oxygen atoms in total. The molecule has 0 amide bonds. The predicted octanol–water partition coefficient (Wildman–Crippen LogP) is 2.50. The smallest absolute Gasteiger partial charge is 0.0623 e. The van der Waals surface area contributed by atoms with Crippen LogP contribution in [0.4, 0.5) is 0 Å². The van der Waals surface area contributed by atoms with Gasteiger partial charge in [-0.05, 0) is 31.6 Å². The summed E-state index contributed by atoms with van der Waals surface area (Å²) >= 11 is 0. The van der Waals surface area contributed by atoms with Crippen LogP contribution in [0.15, 0.2) is 0 Å². The molecular weight excluding hydrogens is 300 g/mol. The zero-order chi connectivity index (χ0) is 14.3. The van der Waals surface area contributed by atoms with Crippen LogP contribution in [0.5, 0.6) is 0 Å². The van der Waals surface area contributed by atoms with Gasteiger partial charge in [0.05, 0.1) is 25.9 Å². The summed E-state index contributed by atoms with van der Waals surface area (Å²) in [7, 11) is 0. The minimum absolute atomic E-state index is 0. The Bertz CT molecular complexity index is 294. The highest BCUT2D eigenvalue weighted by Gasteiger charge is 2.34. The molecule has 2 aliphatic carbocycles. The van der Waals surface area contributed by atoms with Gasteiger partial charge in [0.15, 0.2) is 0 Å². The van der Waals surface area contributed by atoms with Gasteiger partial charge in [0, 0.05) is 25.2 Å². The molecule has 0 spiro atoms. The second kappa shape index (κ2) is 10.1. The number of rotatable bonds is 6. The van der Waals surface area contributed by atoms with Gasteiger partial charge in [-0.25, -0.2) is 0 Å². The standard InChI is InChI=1S/C17H32N2O2.ClH/c1-2-5-14(6-3-1)21-12-10-18-16-8-4-7-15(16)17-13-20-11-9-19-17;/h14-19H,1-13H2;1H. The van der Waals surface area contributed by atoms with Crippen molar-refractivity contribution in [3.8, 4) is 0 Å². The number of ether oxygens (including phenoxy) is 2. The van der Waals surface area contributed by atoms with Gasteiger partial charge in [0.25, 0.3) is 0 Å². The maximum atomic E-state index is 6.02. The van der Waals surface area contributed by atoms with Gasteiger partial charge >= 0.3 is 0 Å². The number of halogens is 1. The molecule has 3 aliphatic rings. The van der Waals surface area contributed by atoms with E-state index in [0.29, 0.717) is 18.2 Å². The van der Waals surface area contributed by atoms with E-state index in [1.165, 1.54) is 51.4 Å². The van der Waals surface area contributed by atoms with E-state index in [2.05, 4.69) is 10.6 Å². The fourth-order valence-corrected chi connectivity index (χ4v) is 4.29. The van der Waals surface area contributed by atoms with Gasteiger partial charge in [-0.1, -0.05) is 25.7 Å². The molecule has 3 fully saturated rings. The molecule has 1 aliphatic heterocycles. The monoisotopic (exact) mass is 332 g/mol. The Balaban J connectivity index is 0.00000176. The van der Waals surface area contributed by atoms with Crippen LogP contribution in [0.1, 0.15) is 51.4 Å². The van der Waals surface area contributed by atoms with Crippen molar-refractivity contribution in [2.24, 2.45) is 5.92 Å². The van der Waals surface area contributed by atoms with E-state index in [1.54, 1.807) is 0 Å². The molecule has 5 heteroatoms. The first-order chi connectivity index (χ1) is 10.4. The summed E-state index contributed by atoms with van der Waals surface area (Å²) in [6, 6.07) is 1.21. The van der Waals surface area contributed by atoms with Gasteiger partial charge in [-0.2, -0.15) is 0 Å². The van der Waals surface area contributed by atoms with Crippen molar-refractivity contribution in [2.75, 3.05) is 32.9 Å². The highest BCUT2D eigenvalue weighted by molar-refractivity contribution is 5.85. The van der Waals surface area contributed by atoms with Crippen molar-refractivity contribution in [3.05, 3.63) is 0 Å². The molecule has 22 heavy (non-hydrogen) atoms. The average Bonchev–Trinajstić information content (AvgIpc) is 3.02. The molecule has 0 radical (unpaired) electrons. The van der Waals surface area contributed by atoms with Crippen LogP contribution in [0.3, 0.4) is 0 Å². The Hall–Kier alpha value is 0.130. The Morgan fingerprint density at radius 3 is 2.68 bits per heavy atom. The SMILES string of the molecule is C1CCC(OCCNC2CCCC2C2COCCN2)CC1.Cl. The van der Waals surface area contributed by atoms with E-state index < -0.39 is 0 Å². The lowest BCUT2D eigenvalue weighted by molar-refractivity contribution is 0.0266. The lowest BCUT2D eigenvalue weighted by Crippen LogP contribution is -2.51. The second-order valence-electron chi connectivity index (χ2n) is 6.92. The topological polar surface area (TPSA) is 42.5 Å². The Morgan fingerprint density at radius 2 is 1.91 bits per heavy atom. The van der Waals surface area contributed by atoms with E-state index in [0.717, 1.165) is 38.8 Å². The third-order valence-electron chi connectivity index (χ3n) is 5.45. The molecule has 3 atom stereocenters. The summed E-state index contributed by atoms with van der Waals surface area (Å²) in [4.78, 5) is 0. The fraction of sp³-hybridized carbons (Fsp3) is 1.00. The molecule has 1 heterocycles. The van der Waals surface area contributed by atoms with Crippen LogP contribution in [-0.2, 0) is 9.47 Å². The molecule has 0 aromatic rings. The molecule has 0 bridgehead atoms. The van der Waals surface area contributed by atoms with E-state index in [-0.39, 0.29) is 12.4 Å². The molecule has 3 rings (SSSR count). The lowest BCUT2D eigenvalue weighted by atomic mass is 9.94. The summed E-state index contributed by atoms with van der Waals surface area (Å²) in [5, 5.41) is 7.38. The fourth-order valence-electron chi connectivity index (χ4n) is 4.29. The number of hydrogen-bond acceptors (Lipinski definition) is 4. The lowest BCUT2D eigenvalue weighted by Gasteiger charge is -2.33. The third-order valence-corrected chi connectivity index (χ3v) is 5.45. The van der Waals surface area contributed by atoms with Gasteiger partial charge in [-0.3, -0.25) is 0 Å². The average molecular weight is 333 g/mol. The summed E-state index contributed by atoms with van der Waals surface area (Å²) in [5.41, 5.74) is 0. The number of hydrogen-bond donors (Lipinski definition) is 2. The van der Waals surface area contributed by atoms with Gasteiger partial charge in [-0.15, -0.1) is 12.4 Å². The summed E-state index contributed by atoms with van der Waals surface area (Å²) in [6.45, 7) is 4.66. The minimum atomic E-state index is 0. The minimum Gasteiger partial charge on any atom is -0.379 e. The first-order valence-corrected chi connectivity index (χ1v) is 9.09. The van der Waals surface area contributed by atoms with Crippen LogP contribution in [0, 0.1) is 5.92 Å². The highest BCUT2D eigenvalue weighted by atomic mass is 35.5. The molecule has 2 saturated carbocycles. The molecule has 2 N–H and O–H groups in total. The summed E-state index contributed by atoms with van der Waals surface area (Å²) in [5.74, 6) is 0.736. The Kier molecular flexibility index (Phi) is 8.47. The van der Waals surface area contributed by atoms with Crippen LogP contribution >= 0.6 is 12.4 Å². The first-order valence-electron chi connectivity index (χ1n) is 9.09. The van der Waals surface area contributed by atoms with Gasteiger partial charge in [0.1, 0.15) is 0 Å². The van der Waals surface area contributed by atoms with E-state index in [9.17, 15) is 0 Å². The predicted molar refractivity (Wildman–Crippen MR) is 91.8 cm³/mol. The van der Waals surface area contributed by atoms with Crippen molar-refractivity contribution in [3.63, 3.8) is 0 Å². The summed E-state index contributed by atoms with van der Waals surface area (Å²) < 4.78 is 11.7. The molecule has 0 aromatic carbocycles. The molecule has 130 valence electrons. The quantitative estimate of drug-likeness (QED) is 0.733. The zero-order valence-electron chi connectivity index (χ0n) is 13.7. The molecule has 0 aromatic heterocycles. The van der Waals surface area contributed by atoms with Crippen molar-refractivity contribution < 1.29 is 9.47 Å². The van der Waals surface area contributed by atoms with E-state index in [1.807, 2.05) is 0 Å². The van der Waals surface area contributed by atoms with Gasteiger partial charge in [0.2, 0.25) is 0 Å². The number of morpholine rings is 1. The van der Waals surface area contributed by atoms with Crippen LogP contribution in [0.25, 0.3) is 0 Å². The maximum absolute atomic E-state index is 6.02. The summed E-state index contributed by atoms with van der Waals surface area (Å²) in [6.07, 6.45) is 11.2. The van der Waals surface area contributed by atoms with Crippen LogP contribution in [0.2, 0.25) is 0 Å². The van der Waals surface area contributed by atoms with Crippen LogP contribution < -0.4 is 10.6 Å². The Labute approximate surface area is 141 Å². The maximum Gasteiger partial charge on any atom is 0.0623 e. The van der Waals surface area contributed by atoms with Gasteiger partial charge < -0.3 is 20.1 Å². The van der Waals surface area contributed by atoms with Crippen molar-refractivity contribution >= 4 is 12.4 Å². The molecule has 3 unspecified atom stereocenters. The second-order valence-corrected chi connectivity index (χ2v) is 6.92. The highest BCUT2D eigenvalue weighted by Crippen LogP contribution is 2.29.